The van der Waals surface area contributed by atoms with E-state index in [-0.39, 0.29) is 6.04 Å². The van der Waals surface area contributed by atoms with Gasteiger partial charge in [0, 0.05) is 25.0 Å². The molecule has 124 valence electrons. The lowest BCUT2D eigenvalue weighted by atomic mass is 10.2. The number of anilines is 1. The molecule has 2 N–H and O–H groups in total. The monoisotopic (exact) mass is 317 g/mol. The zero-order chi connectivity index (χ0) is 16.9. The zero-order valence-electron chi connectivity index (χ0n) is 13.9. The van der Waals surface area contributed by atoms with E-state index in [1.54, 1.807) is 17.1 Å². The summed E-state index contributed by atoms with van der Waals surface area (Å²) in [5, 5.41) is 10.1. The Labute approximate surface area is 136 Å². The minimum Gasteiger partial charge on any atom is -0.444 e. The van der Waals surface area contributed by atoms with Crippen molar-refractivity contribution >= 4 is 11.8 Å². The SMILES string of the molecule is CC(CNC(=O)OC(C)(C)C)Nc1ccc(-n2cccn2)nc1. The summed E-state index contributed by atoms with van der Waals surface area (Å²) in [6, 6.07) is 5.69. The van der Waals surface area contributed by atoms with Crippen LogP contribution in [0.3, 0.4) is 0 Å². The lowest BCUT2D eigenvalue weighted by molar-refractivity contribution is 0.0526. The van der Waals surface area contributed by atoms with Crippen LogP contribution >= 0.6 is 0 Å². The number of amides is 1. The molecular formula is C16H23N5O2. The summed E-state index contributed by atoms with van der Waals surface area (Å²) in [6.45, 7) is 7.93. The summed E-state index contributed by atoms with van der Waals surface area (Å²) < 4.78 is 6.89. The van der Waals surface area contributed by atoms with E-state index in [0.717, 1.165) is 11.5 Å². The predicted molar refractivity (Wildman–Crippen MR) is 88.7 cm³/mol. The highest BCUT2D eigenvalue weighted by Crippen LogP contribution is 2.10. The number of pyridine rings is 1. The highest BCUT2D eigenvalue weighted by molar-refractivity contribution is 5.67. The molecule has 2 heterocycles. The van der Waals surface area contributed by atoms with E-state index in [1.165, 1.54) is 0 Å². The van der Waals surface area contributed by atoms with Crippen molar-refractivity contribution in [2.45, 2.75) is 39.3 Å². The first-order valence-electron chi connectivity index (χ1n) is 7.53. The van der Waals surface area contributed by atoms with Gasteiger partial charge in [-0.25, -0.2) is 14.5 Å². The molecule has 0 saturated heterocycles. The van der Waals surface area contributed by atoms with Crippen LogP contribution < -0.4 is 10.6 Å². The Bertz CT molecular complexity index is 617. The van der Waals surface area contributed by atoms with Gasteiger partial charge in [-0.05, 0) is 45.9 Å². The molecule has 1 atom stereocenters. The van der Waals surface area contributed by atoms with Crippen LogP contribution in [0.4, 0.5) is 10.5 Å². The molecule has 0 aliphatic carbocycles. The average Bonchev–Trinajstić information content (AvgIpc) is 2.98. The Morgan fingerprint density at radius 1 is 1.39 bits per heavy atom. The van der Waals surface area contributed by atoms with Crippen molar-refractivity contribution in [1.29, 1.82) is 0 Å². The molecule has 0 aromatic carbocycles. The second kappa shape index (κ2) is 7.13. The van der Waals surface area contributed by atoms with Crippen molar-refractivity contribution in [2.75, 3.05) is 11.9 Å². The quantitative estimate of drug-likeness (QED) is 0.886. The average molecular weight is 317 g/mol. The molecule has 2 aromatic heterocycles. The fraction of sp³-hybridized carbons (Fsp3) is 0.438. The van der Waals surface area contributed by atoms with E-state index < -0.39 is 11.7 Å². The number of aromatic nitrogens is 3. The van der Waals surface area contributed by atoms with E-state index in [0.29, 0.717) is 6.54 Å². The van der Waals surface area contributed by atoms with Gasteiger partial charge in [0.25, 0.3) is 0 Å². The van der Waals surface area contributed by atoms with Gasteiger partial charge < -0.3 is 15.4 Å². The van der Waals surface area contributed by atoms with E-state index in [1.807, 2.05) is 52.1 Å². The number of ether oxygens (including phenoxy) is 1. The number of hydrogen-bond acceptors (Lipinski definition) is 5. The van der Waals surface area contributed by atoms with E-state index in [4.69, 9.17) is 4.74 Å². The Morgan fingerprint density at radius 3 is 2.74 bits per heavy atom. The molecule has 7 heteroatoms. The highest BCUT2D eigenvalue weighted by Gasteiger charge is 2.16. The van der Waals surface area contributed by atoms with Gasteiger partial charge >= 0.3 is 6.09 Å². The van der Waals surface area contributed by atoms with Crippen molar-refractivity contribution in [3.8, 4) is 5.82 Å². The number of nitrogens with one attached hydrogen (secondary N) is 2. The summed E-state index contributed by atoms with van der Waals surface area (Å²) in [4.78, 5) is 16.0. The fourth-order valence-electron chi connectivity index (χ4n) is 1.90. The molecule has 2 aromatic rings. The van der Waals surface area contributed by atoms with Gasteiger partial charge in [-0.3, -0.25) is 0 Å². The van der Waals surface area contributed by atoms with Gasteiger partial charge in [0.2, 0.25) is 0 Å². The predicted octanol–water partition coefficient (Wildman–Crippen LogP) is 2.59. The number of carbonyl (C=O) groups is 1. The van der Waals surface area contributed by atoms with Gasteiger partial charge in [-0.15, -0.1) is 0 Å². The van der Waals surface area contributed by atoms with Crippen LogP contribution in [0.15, 0.2) is 36.8 Å². The molecule has 0 fully saturated rings. The maximum Gasteiger partial charge on any atom is 0.407 e. The third kappa shape index (κ3) is 5.61. The second-order valence-electron chi connectivity index (χ2n) is 6.28. The van der Waals surface area contributed by atoms with Crippen LogP contribution in [0.5, 0.6) is 0 Å². The van der Waals surface area contributed by atoms with Gasteiger partial charge in [-0.1, -0.05) is 0 Å². The van der Waals surface area contributed by atoms with Crippen LogP contribution in [0.2, 0.25) is 0 Å². The summed E-state index contributed by atoms with van der Waals surface area (Å²) in [6.07, 6.45) is 4.86. The number of carbonyl (C=O) groups excluding carboxylic acids is 1. The molecule has 0 saturated carbocycles. The zero-order valence-corrected chi connectivity index (χ0v) is 13.9. The van der Waals surface area contributed by atoms with E-state index >= 15 is 0 Å². The van der Waals surface area contributed by atoms with Crippen molar-refractivity contribution < 1.29 is 9.53 Å². The summed E-state index contributed by atoms with van der Waals surface area (Å²) >= 11 is 0. The first kappa shape index (κ1) is 16.8. The molecule has 1 amide bonds. The largest absolute Gasteiger partial charge is 0.444 e. The molecule has 2 rings (SSSR count). The summed E-state index contributed by atoms with van der Waals surface area (Å²) in [5.41, 5.74) is 0.381. The van der Waals surface area contributed by atoms with Gasteiger partial charge in [-0.2, -0.15) is 5.10 Å². The fourth-order valence-corrected chi connectivity index (χ4v) is 1.90. The minimum absolute atomic E-state index is 0.0415. The smallest absolute Gasteiger partial charge is 0.407 e. The molecule has 0 radical (unpaired) electrons. The molecule has 23 heavy (non-hydrogen) atoms. The third-order valence-electron chi connectivity index (χ3n) is 2.85. The minimum atomic E-state index is -0.493. The Balaban J connectivity index is 1.81. The molecule has 0 aliphatic heterocycles. The first-order chi connectivity index (χ1) is 10.8. The topological polar surface area (TPSA) is 81.1 Å². The summed E-state index contributed by atoms with van der Waals surface area (Å²) in [5.74, 6) is 0.750. The van der Waals surface area contributed by atoms with Crippen molar-refractivity contribution in [3.05, 3.63) is 36.8 Å². The van der Waals surface area contributed by atoms with Gasteiger partial charge in [0.1, 0.15) is 5.60 Å². The normalized spacial score (nSPS) is 12.5. The third-order valence-corrected chi connectivity index (χ3v) is 2.85. The lowest BCUT2D eigenvalue weighted by Gasteiger charge is -2.21. The van der Waals surface area contributed by atoms with Crippen LogP contribution in [0, 0.1) is 0 Å². The van der Waals surface area contributed by atoms with E-state index in [2.05, 4.69) is 20.7 Å². The van der Waals surface area contributed by atoms with Crippen LogP contribution in [-0.2, 0) is 4.74 Å². The van der Waals surface area contributed by atoms with Crippen molar-refractivity contribution in [2.24, 2.45) is 0 Å². The lowest BCUT2D eigenvalue weighted by Crippen LogP contribution is -2.38. The maximum atomic E-state index is 11.6. The molecule has 0 aliphatic rings. The molecule has 1 unspecified atom stereocenters. The van der Waals surface area contributed by atoms with Crippen LogP contribution in [0.1, 0.15) is 27.7 Å². The van der Waals surface area contributed by atoms with Crippen LogP contribution in [-0.4, -0.2) is 39.0 Å². The second-order valence-corrected chi connectivity index (χ2v) is 6.28. The Kier molecular flexibility index (Phi) is 5.20. The molecule has 0 spiro atoms. The molecular weight excluding hydrogens is 294 g/mol. The van der Waals surface area contributed by atoms with E-state index in [9.17, 15) is 4.79 Å². The maximum absolute atomic E-state index is 11.6. The van der Waals surface area contributed by atoms with Crippen molar-refractivity contribution in [1.82, 2.24) is 20.1 Å². The standard InChI is InChI=1S/C16H23N5O2/c1-12(10-18-15(22)23-16(2,3)4)20-13-6-7-14(17-11-13)21-9-5-8-19-21/h5-9,11-12,20H,10H2,1-4H3,(H,18,22). The molecule has 7 nitrogen and oxygen atoms in total. The number of hydrogen-bond donors (Lipinski definition) is 2. The van der Waals surface area contributed by atoms with Crippen LogP contribution in [0.25, 0.3) is 5.82 Å². The Morgan fingerprint density at radius 2 is 2.17 bits per heavy atom. The molecule has 0 bridgehead atoms. The first-order valence-corrected chi connectivity index (χ1v) is 7.53. The van der Waals surface area contributed by atoms with Gasteiger partial charge in [0.15, 0.2) is 5.82 Å². The number of rotatable bonds is 5. The van der Waals surface area contributed by atoms with Gasteiger partial charge in [0.05, 0.1) is 11.9 Å². The van der Waals surface area contributed by atoms with Crippen molar-refractivity contribution in [3.63, 3.8) is 0 Å². The summed E-state index contributed by atoms with van der Waals surface area (Å²) in [7, 11) is 0. The number of nitrogens with zero attached hydrogens (tertiary/aromatic N) is 3. The Hall–Kier alpha value is -2.57. The number of alkyl carbamates (subject to hydrolysis) is 1. The highest BCUT2D eigenvalue weighted by atomic mass is 16.6.